The van der Waals surface area contributed by atoms with Gasteiger partial charge in [0.15, 0.2) is 0 Å². The van der Waals surface area contributed by atoms with Gasteiger partial charge >= 0.3 is 0 Å². The molecular formula is C12H22N4. The second-order valence-corrected chi connectivity index (χ2v) is 5.06. The Morgan fingerprint density at radius 3 is 3.06 bits per heavy atom. The van der Waals surface area contributed by atoms with Crippen molar-refractivity contribution in [3.63, 3.8) is 0 Å². The van der Waals surface area contributed by atoms with E-state index in [1.807, 2.05) is 24.1 Å². The van der Waals surface area contributed by atoms with Gasteiger partial charge < -0.3 is 10.6 Å². The Labute approximate surface area is 97.4 Å². The minimum absolute atomic E-state index is 0.0963. The van der Waals surface area contributed by atoms with E-state index in [2.05, 4.69) is 16.9 Å². The Hall–Kier alpha value is -0.870. The van der Waals surface area contributed by atoms with Crippen molar-refractivity contribution in [2.24, 2.45) is 18.7 Å². The number of aromatic nitrogens is 2. The summed E-state index contributed by atoms with van der Waals surface area (Å²) in [6.07, 6.45) is 6.55. The molecule has 0 radical (unpaired) electrons. The molecule has 1 fully saturated rings. The van der Waals surface area contributed by atoms with Crippen molar-refractivity contribution in [1.82, 2.24) is 14.7 Å². The first kappa shape index (κ1) is 11.6. The van der Waals surface area contributed by atoms with Gasteiger partial charge in [0.1, 0.15) is 0 Å². The molecule has 2 unspecified atom stereocenters. The van der Waals surface area contributed by atoms with Crippen molar-refractivity contribution in [2.75, 3.05) is 19.6 Å². The van der Waals surface area contributed by atoms with Gasteiger partial charge in [-0.1, -0.05) is 6.92 Å². The number of rotatable bonds is 3. The van der Waals surface area contributed by atoms with Gasteiger partial charge in [-0.25, -0.2) is 0 Å². The van der Waals surface area contributed by atoms with E-state index in [1.54, 1.807) is 0 Å². The van der Waals surface area contributed by atoms with E-state index in [9.17, 15) is 0 Å². The molecule has 1 saturated heterocycles. The number of nitrogens with two attached hydrogens (primary N) is 1. The third kappa shape index (κ3) is 2.83. The molecular weight excluding hydrogens is 200 g/mol. The molecule has 16 heavy (non-hydrogen) atoms. The van der Waals surface area contributed by atoms with E-state index >= 15 is 0 Å². The molecule has 4 heteroatoms. The highest BCUT2D eigenvalue weighted by Crippen LogP contribution is 2.18. The molecule has 1 aliphatic heterocycles. The van der Waals surface area contributed by atoms with Crippen LogP contribution in [0.3, 0.4) is 0 Å². The zero-order valence-corrected chi connectivity index (χ0v) is 10.3. The van der Waals surface area contributed by atoms with Gasteiger partial charge in [-0.3, -0.25) is 4.68 Å². The lowest BCUT2D eigenvalue weighted by Crippen LogP contribution is -2.39. The van der Waals surface area contributed by atoms with E-state index in [0.29, 0.717) is 0 Å². The fourth-order valence-electron chi connectivity index (χ4n) is 2.47. The third-order valence-electron chi connectivity index (χ3n) is 3.35. The molecule has 2 N–H and O–H groups in total. The average molecular weight is 222 g/mol. The normalized spacial score (nSPS) is 24.6. The van der Waals surface area contributed by atoms with Crippen molar-refractivity contribution in [1.29, 1.82) is 0 Å². The van der Waals surface area contributed by atoms with Gasteiger partial charge in [-0.15, -0.1) is 0 Å². The Balaban J connectivity index is 1.89. The molecule has 0 aromatic carbocycles. The van der Waals surface area contributed by atoms with Crippen LogP contribution in [-0.4, -0.2) is 34.3 Å². The summed E-state index contributed by atoms with van der Waals surface area (Å²) in [5, 5.41) is 4.16. The molecule has 0 spiro atoms. The molecule has 2 atom stereocenters. The molecule has 1 aliphatic rings. The number of likely N-dealkylation sites (tertiary alicyclic amines) is 1. The van der Waals surface area contributed by atoms with Gasteiger partial charge in [0.2, 0.25) is 0 Å². The first-order chi connectivity index (χ1) is 7.65. The zero-order valence-electron chi connectivity index (χ0n) is 10.3. The summed E-state index contributed by atoms with van der Waals surface area (Å²) >= 11 is 0. The highest BCUT2D eigenvalue weighted by Gasteiger charge is 2.19. The van der Waals surface area contributed by atoms with Crippen LogP contribution in [0.5, 0.6) is 0 Å². The van der Waals surface area contributed by atoms with Crippen molar-refractivity contribution in [3.8, 4) is 0 Å². The first-order valence-corrected chi connectivity index (χ1v) is 6.11. The number of hydrogen-bond acceptors (Lipinski definition) is 3. The molecule has 0 aliphatic carbocycles. The van der Waals surface area contributed by atoms with Gasteiger partial charge in [-0.05, 0) is 25.3 Å². The summed E-state index contributed by atoms with van der Waals surface area (Å²) in [6, 6.07) is 0.0963. The molecule has 1 aromatic heterocycles. The number of hydrogen-bond donors (Lipinski definition) is 1. The fraction of sp³-hybridized carbons (Fsp3) is 0.750. The van der Waals surface area contributed by atoms with Crippen LogP contribution in [0.2, 0.25) is 0 Å². The lowest BCUT2D eigenvalue weighted by Gasteiger charge is -2.32. The van der Waals surface area contributed by atoms with E-state index in [0.717, 1.165) is 18.0 Å². The van der Waals surface area contributed by atoms with Crippen LogP contribution in [0.4, 0.5) is 0 Å². The van der Waals surface area contributed by atoms with Crippen LogP contribution < -0.4 is 5.73 Å². The second kappa shape index (κ2) is 4.97. The van der Waals surface area contributed by atoms with E-state index in [1.165, 1.54) is 25.9 Å². The van der Waals surface area contributed by atoms with Crippen LogP contribution in [0.1, 0.15) is 31.4 Å². The lowest BCUT2D eigenvalue weighted by atomic mass is 9.99. The zero-order chi connectivity index (χ0) is 11.5. The summed E-state index contributed by atoms with van der Waals surface area (Å²) < 4.78 is 1.81. The summed E-state index contributed by atoms with van der Waals surface area (Å²) in [7, 11) is 1.93. The number of piperidine rings is 1. The summed E-state index contributed by atoms with van der Waals surface area (Å²) in [5.74, 6) is 0.815. The molecule has 90 valence electrons. The lowest BCUT2D eigenvalue weighted by molar-refractivity contribution is 0.174. The van der Waals surface area contributed by atoms with Crippen LogP contribution in [0.15, 0.2) is 12.4 Å². The second-order valence-electron chi connectivity index (χ2n) is 5.06. The Morgan fingerprint density at radius 1 is 1.62 bits per heavy atom. The average Bonchev–Trinajstić information content (AvgIpc) is 2.65. The Bertz CT molecular complexity index is 334. The van der Waals surface area contributed by atoms with Crippen LogP contribution in [-0.2, 0) is 7.05 Å². The van der Waals surface area contributed by atoms with Gasteiger partial charge in [-0.2, -0.15) is 5.10 Å². The Kier molecular flexibility index (Phi) is 3.61. The van der Waals surface area contributed by atoms with Gasteiger partial charge in [0, 0.05) is 37.9 Å². The first-order valence-electron chi connectivity index (χ1n) is 6.11. The minimum Gasteiger partial charge on any atom is -0.323 e. The summed E-state index contributed by atoms with van der Waals surface area (Å²) in [5.41, 5.74) is 7.33. The monoisotopic (exact) mass is 222 g/mol. The predicted octanol–water partition coefficient (Wildman–Crippen LogP) is 1.15. The third-order valence-corrected chi connectivity index (χ3v) is 3.35. The molecule has 2 heterocycles. The molecule has 0 bridgehead atoms. The van der Waals surface area contributed by atoms with Gasteiger partial charge in [0.25, 0.3) is 0 Å². The molecule has 4 nitrogen and oxygen atoms in total. The topological polar surface area (TPSA) is 47.1 Å². The van der Waals surface area contributed by atoms with Gasteiger partial charge in [0.05, 0.1) is 6.20 Å². The minimum atomic E-state index is 0.0963. The molecule has 0 saturated carbocycles. The van der Waals surface area contributed by atoms with Crippen molar-refractivity contribution in [3.05, 3.63) is 18.0 Å². The predicted molar refractivity (Wildman–Crippen MR) is 65.0 cm³/mol. The maximum atomic E-state index is 6.19. The summed E-state index contributed by atoms with van der Waals surface area (Å²) in [6.45, 7) is 5.66. The van der Waals surface area contributed by atoms with Crippen LogP contribution >= 0.6 is 0 Å². The Morgan fingerprint density at radius 2 is 2.44 bits per heavy atom. The quantitative estimate of drug-likeness (QED) is 0.834. The van der Waals surface area contributed by atoms with Crippen LogP contribution in [0, 0.1) is 5.92 Å². The van der Waals surface area contributed by atoms with E-state index in [-0.39, 0.29) is 6.04 Å². The van der Waals surface area contributed by atoms with Crippen molar-refractivity contribution in [2.45, 2.75) is 25.8 Å². The maximum Gasteiger partial charge on any atom is 0.0537 e. The van der Waals surface area contributed by atoms with E-state index in [4.69, 9.17) is 5.73 Å². The van der Waals surface area contributed by atoms with Crippen molar-refractivity contribution < 1.29 is 0 Å². The standard InChI is InChI=1S/C12H22N4/c1-10-4-3-5-16(7-10)9-12(13)11-6-14-15(2)8-11/h6,8,10,12H,3-5,7,9,13H2,1-2H3. The van der Waals surface area contributed by atoms with Crippen molar-refractivity contribution >= 4 is 0 Å². The molecule has 2 rings (SSSR count). The van der Waals surface area contributed by atoms with Crippen LogP contribution in [0.25, 0.3) is 0 Å². The summed E-state index contributed by atoms with van der Waals surface area (Å²) in [4.78, 5) is 2.48. The van der Waals surface area contributed by atoms with E-state index < -0.39 is 0 Å². The number of aryl methyl sites for hydroxylation is 1. The molecule has 1 aromatic rings. The fourth-order valence-corrected chi connectivity index (χ4v) is 2.47. The number of nitrogens with zero attached hydrogens (tertiary/aromatic N) is 3. The highest BCUT2D eigenvalue weighted by atomic mass is 15.2. The largest absolute Gasteiger partial charge is 0.323 e. The SMILES string of the molecule is CC1CCCN(CC(N)c2cnn(C)c2)C1. The highest BCUT2D eigenvalue weighted by molar-refractivity contribution is 5.10. The smallest absolute Gasteiger partial charge is 0.0537 e. The molecule has 0 amide bonds. The maximum absolute atomic E-state index is 6.19.